The fourth-order valence-electron chi connectivity index (χ4n) is 1.93. The van der Waals surface area contributed by atoms with Crippen molar-refractivity contribution in [3.63, 3.8) is 0 Å². The molecule has 0 fully saturated rings. The van der Waals surface area contributed by atoms with Crippen molar-refractivity contribution in [2.75, 3.05) is 5.32 Å². The van der Waals surface area contributed by atoms with Crippen LogP contribution in [0.5, 0.6) is 0 Å². The minimum Gasteiger partial charge on any atom is -0.325 e. The number of benzene rings is 1. The zero-order chi connectivity index (χ0) is 14.5. The number of rotatable bonds is 5. The zero-order valence-electron chi connectivity index (χ0n) is 11.7. The molecule has 1 aromatic heterocycles. The predicted octanol–water partition coefficient (Wildman–Crippen LogP) is 1.58. The summed E-state index contributed by atoms with van der Waals surface area (Å²) in [7, 11) is 0. The number of aromatic nitrogens is 3. The first-order chi connectivity index (χ1) is 9.56. The van der Waals surface area contributed by atoms with Crippen molar-refractivity contribution in [1.82, 2.24) is 14.8 Å². The molecule has 6 nitrogen and oxygen atoms in total. The minimum atomic E-state index is -0.492. The lowest BCUT2D eigenvalue weighted by molar-refractivity contribution is -0.117. The topological polar surface area (TPSA) is 85.8 Å². The van der Waals surface area contributed by atoms with Crippen LogP contribution in [0.3, 0.4) is 0 Å². The Morgan fingerprint density at radius 1 is 1.35 bits per heavy atom. The van der Waals surface area contributed by atoms with Gasteiger partial charge in [0.05, 0.1) is 11.7 Å². The average Bonchev–Trinajstić information content (AvgIpc) is 2.92. The van der Waals surface area contributed by atoms with Crippen LogP contribution in [0.15, 0.2) is 36.9 Å². The molecule has 2 aromatic rings. The molecule has 20 heavy (non-hydrogen) atoms. The molecule has 0 saturated carbocycles. The van der Waals surface area contributed by atoms with E-state index >= 15 is 0 Å². The molecular weight excluding hydrogens is 254 g/mol. The third kappa shape index (κ3) is 3.64. The van der Waals surface area contributed by atoms with Crippen molar-refractivity contribution in [3.05, 3.63) is 36.9 Å². The Labute approximate surface area is 118 Å². The lowest BCUT2D eigenvalue weighted by atomic mass is 10.0. The maximum atomic E-state index is 12.0. The number of hydrogen-bond donors (Lipinski definition) is 2. The molecule has 1 aromatic carbocycles. The lowest BCUT2D eigenvalue weighted by Gasteiger charge is -2.14. The molecule has 1 heterocycles. The highest BCUT2D eigenvalue weighted by Crippen LogP contribution is 2.15. The van der Waals surface area contributed by atoms with Crippen LogP contribution in [-0.4, -0.2) is 26.7 Å². The predicted molar refractivity (Wildman–Crippen MR) is 77.4 cm³/mol. The Morgan fingerprint density at radius 2 is 2.05 bits per heavy atom. The van der Waals surface area contributed by atoms with E-state index in [0.29, 0.717) is 18.0 Å². The van der Waals surface area contributed by atoms with Crippen molar-refractivity contribution in [3.8, 4) is 5.69 Å². The van der Waals surface area contributed by atoms with Gasteiger partial charge in [0, 0.05) is 5.69 Å². The molecule has 106 valence electrons. The smallest absolute Gasteiger partial charge is 0.241 e. The van der Waals surface area contributed by atoms with Crippen LogP contribution in [0.1, 0.15) is 20.3 Å². The molecule has 1 amide bonds. The summed E-state index contributed by atoms with van der Waals surface area (Å²) in [4.78, 5) is 12.0. The van der Waals surface area contributed by atoms with Gasteiger partial charge < -0.3 is 11.1 Å². The van der Waals surface area contributed by atoms with Crippen molar-refractivity contribution in [1.29, 1.82) is 0 Å². The molecule has 0 bridgehead atoms. The highest BCUT2D eigenvalue weighted by Gasteiger charge is 2.15. The normalized spacial score (nSPS) is 12.4. The van der Waals surface area contributed by atoms with Crippen molar-refractivity contribution < 1.29 is 4.79 Å². The highest BCUT2D eigenvalue weighted by molar-refractivity contribution is 5.94. The second-order valence-electron chi connectivity index (χ2n) is 5.14. The third-order valence-corrected chi connectivity index (χ3v) is 2.89. The van der Waals surface area contributed by atoms with Gasteiger partial charge in [0.25, 0.3) is 0 Å². The molecule has 0 saturated heterocycles. The lowest BCUT2D eigenvalue weighted by Crippen LogP contribution is -2.36. The maximum Gasteiger partial charge on any atom is 0.241 e. The van der Waals surface area contributed by atoms with Crippen LogP contribution in [-0.2, 0) is 4.79 Å². The van der Waals surface area contributed by atoms with Crippen LogP contribution < -0.4 is 11.1 Å². The van der Waals surface area contributed by atoms with Crippen LogP contribution in [0.25, 0.3) is 5.69 Å². The van der Waals surface area contributed by atoms with E-state index in [-0.39, 0.29) is 5.91 Å². The number of nitrogens with one attached hydrogen (secondary N) is 1. The zero-order valence-corrected chi connectivity index (χ0v) is 11.7. The number of hydrogen-bond acceptors (Lipinski definition) is 4. The van der Waals surface area contributed by atoms with Gasteiger partial charge in [-0.05, 0) is 30.5 Å². The Hall–Kier alpha value is -2.21. The molecule has 3 N–H and O–H groups in total. The third-order valence-electron chi connectivity index (χ3n) is 2.89. The highest BCUT2D eigenvalue weighted by atomic mass is 16.2. The first-order valence-corrected chi connectivity index (χ1v) is 6.58. The van der Waals surface area contributed by atoms with E-state index in [1.165, 1.54) is 0 Å². The van der Waals surface area contributed by atoms with Gasteiger partial charge in [-0.15, -0.1) is 10.2 Å². The standard InChI is InChI=1S/C14H19N5O/c1-10(2)6-13(15)14(20)18-11-4-3-5-12(7-11)19-8-16-17-9-19/h3-5,7-10,13H,6,15H2,1-2H3,(H,18,20). The summed E-state index contributed by atoms with van der Waals surface area (Å²) in [5, 5.41) is 10.3. The Kier molecular flexibility index (Phi) is 4.47. The maximum absolute atomic E-state index is 12.0. The summed E-state index contributed by atoms with van der Waals surface area (Å²) in [5.74, 6) is 0.221. The fraction of sp³-hybridized carbons (Fsp3) is 0.357. The number of nitrogens with two attached hydrogens (primary N) is 1. The molecular formula is C14H19N5O. The Bertz CT molecular complexity index is 565. The van der Waals surface area contributed by atoms with Gasteiger partial charge >= 0.3 is 0 Å². The SMILES string of the molecule is CC(C)CC(N)C(=O)Nc1cccc(-n2cnnc2)c1. The summed E-state index contributed by atoms with van der Waals surface area (Å²) in [6, 6.07) is 6.96. The van der Waals surface area contributed by atoms with Crippen molar-refractivity contribution >= 4 is 11.6 Å². The summed E-state index contributed by atoms with van der Waals surface area (Å²) >= 11 is 0. The Morgan fingerprint density at radius 3 is 2.70 bits per heavy atom. The van der Waals surface area contributed by atoms with Gasteiger partial charge in [0.15, 0.2) is 0 Å². The van der Waals surface area contributed by atoms with E-state index in [0.717, 1.165) is 5.69 Å². The molecule has 2 rings (SSSR count). The Balaban J connectivity index is 2.07. The number of carbonyl (C=O) groups is 1. The van der Waals surface area contributed by atoms with Crippen molar-refractivity contribution in [2.24, 2.45) is 11.7 Å². The number of nitrogens with zero attached hydrogens (tertiary/aromatic N) is 3. The van der Waals surface area contributed by atoms with Gasteiger partial charge in [0.1, 0.15) is 12.7 Å². The second-order valence-corrected chi connectivity index (χ2v) is 5.14. The largest absolute Gasteiger partial charge is 0.325 e. The van der Waals surface area contributed by atoms with Gasteiger partial charge in [-0.3, -0.25) is 9.36 Å². The van der Waals surface area contributed by atoms with E-state index in [4.69, 9.17) is 5.73 Å². The van der Waals surface area contributed by atoms with E-state index in [1.807, 2.05) is 38.1 Å². The van der Waals surface area contributed by atoms with E-state index in [9.17, 15) is 4.79 Å². The average molecular weight is 273 g/mol. The second kappa shape index (κ2) is 6.29. The van der Waals surface area contributed by atoms with Gasteiger partial charge in [-0.1, -0.05) is 19.9 Å². The van der Waals surface area contributed by atoms with Crippen LogP contribution in [0, 0.1) is 5.92 Å². The first-order valence-electron chi connectivity index (χ1n) is 6.58. The molecule has 0 radical (unpaired) electrons. The van der Waals surface area contributed by atoms with Crippen molar-refractivity contribution in [2.45, 2.75) is 26.3 Å². The summed E-state index contributed by atoms with van der Waals surface area (Å²) in [6.07, 6.45) is 3.87. The number of amides is 1. The molecule has 0 aliphatic carbocycles. The van der Waals surface area contributed by atoms with Crippen LogP contribution in [0.2, 0.25) is 0 Å². The van der Waals surface area contributed by atoms with Crippen LogP contribution >= 0.6 is 0 Å². The molecule has 6 heteroatoms. The monoisotopic (exact) mass is 273 g/mol. The number of anilines is 1. The van der Waals surface area contributed by atoms with Gasteiger partial charge in [-0.2, -0.15) is 0 Å². The van der Waals surface area contributed by atoms with E-state index < -0.39 is 6.04 Å². The number of carbonyl (C=O) groups excluding carboxylic acids is 1. The summed E-state index contributed by atoms with van der Waals surface area (Å²) in [5.41, 5.74) is 7.45. The quantitative estimate of drug-likeness (QED) is 0.866. The molecule has 0 aliphatic rings. The summed E-state index contributed by atoms with van der Waals surface area (Å²) in [6.45, 7) is 4.08. The van der Waals surface area contributed by atoms with Crippen LogP contribution in [0.4, 0.5) is 5.69 Å². The van der Waals surface area contributed by atoms with Gasteiger partial charge in [0.2, 0.25) is 5.91 Å². The molecule has 1 unspecified atom stereocenters. The minimum absolute atomic E-state index is 0.167. The first kappa shape index (κ1) is 14.2. The van der Waals surface area contributed by atoms with Gasteiger partial charge in [-0.25, -0.2) is 0 Å². The van der Waals surface area contributed by atoms with E-state index in [2.05, 4.69) is 15.5 Å². The summed E-state index contributed by atoms with van der Waals surface area (Å²) < 4.78 is 1.77. The molecule has 0 spiro atoms. The molecule has 1 atom stereocenters. The van der Waals surface area contributed by atoms with E-state index in [1.54, 1.807) is 17.2 Å². The fourth-order valence-corrected chi connectivity index (χ4v) is 1.93. The molecule has 0 aliphatic heterocycles.